The van der Waals surface area contributed by atoms with Gasteiger partial charge in [-0.15, -0.1) is 0 Å². The van der Waals surface area contributed by atoms with Crippen LogP contribution in [0.15, 0.2) is 93.1 Å². The second-order valence-electron chi connectivity index (χ2n) is 11.7. The molecule has 0 amide bonds. The molecule has 41 heavy (non-hydrogen) atoms. The Bertz CT molecular complexity index is 1260. The number of rotatable bonds is 14. The van der Waals surface area contributed by atoms with Crippen LogP contribution in [0.3, 0.4) is 0 Å². The lowest BCUT2D eigenvalue weighted by Gasteiger charge is -2.19. The number of dihydropyridines is 1. The summed E-state index contributed by atoms with van der Waals surface area (Å²) in [5.74, 6) is 0.960. The number of Topliss-reactive ketones (excluding diaryl/α,β-unsaturated/α-hetero) is 1. The Morgan fingerprint density at radius 1 is 1.07 bits per heavy atom. The van der Waals surface area contributed by atoms with Crippen LogP contribution >= 0.6 is 0 Å². The molecule has 0 bridgehead atoms. The summed E-state index contributed by atoms with van der Waals surface area (Å²) >= 11 is 0. The van der Waals surface area contributed by atoms with Crippen LogP contribution in [0, 0.1) is 5.92 Å². The summed E-state index contributed by atoms with van der Waals surface area (Å²) < 4.78 is 0. The predicted molar refractivity (Wildman–Crippen MR) is 176 cm³/mol. The normalized spacial score (nSPS) is 21.8. The maximum atomic E-state index is 12.7. The smallest absolute Gasteiger partial charge is 0.151 e. The number of carbonyl (C=O) groups is 1. The van der Waals surface area contributed by atoms with Crippen molar-refractivity contribution in [3.8, 4) is 0 Å². The molecule has 3 aliphatic rings. The molecule has 218 valence electrons. The Kier molecular flexibility index (Phi) is 12.2. The van der Waals surface area contributed by atoms with Gasteiger partial charge in [0.1, 0.15) is 0 Å². The molecule has 0 saturated carbocycles. The lowest BCUT2D eigenvalue weighted by atomic mass is 9.89. The summed E-state index contributed by atoms with van der Waals surface area (Å²) in [6.07, 6.45) is 28.0. The van der Waals surface area contributed by atoms with Crippen molar-refractivity contribution in [1.29, 1.82) is 0 Å². The average Bonchev–Trinajstić information content (AvgIpc) is 3.00. The Labute approximate surface area is 248 Å². The molecular weight excluding hydrogens is 502 g/mol. The molecule has 0 spiro atoms. The first kappa shape index (κ1) is 30.7. The van der Waals surface area contributed by atoms with E-state index in [1.165, 1.54) is 41.7 Å². The van der Waals surface area contributed by atoms with Crippen molar-refractivity contribution in [1.82, 2.24) is 0 Å². The summed E-state index contributed by atoms with van der Waals surface area (Å²) in [6, 6.07) is 8.66. The molecule has 0 saturated heterocycles. The monoisotopic (exact) mass is 551 g/mol. The number of anilines is 1. The summed E-state index contributed by atoms with van der Waals surface area (Å²) in [5.41, 5.74) is 8.59. The van der Waals surface area contributed by atoms with Crippen molar-refractivity contribution in [2.75, 3.05) is 11.9 Å². The van der Waals surface area contributed by atoms with Gasteiger partial charge in [-0.1, -0.05) is 75.1 Å². The van der Waals surface area contributed by atoms with Gasteiger partial charge in [-0.05, 0) is 99.6 Å². The second-order valence-corrected chi connectivity index (χ2v) is 11.7. The Balaban J connectivity index is 1.20. The molecule has 1 aliphatic carbocycles. The van der Waals surface area contributed by atoms with Crippen molar-refractivity contribution in [3.63, 3.8) is 0 Å². The number of aliphatic imine (C=N–C) groups is 2. The van der Waals surface area contributed by atoms with E-state index >= 15 is 0 Å². The van der Waals surface area contributed by atoms with Gasteiger partial charge in [0, 0.05) is 23.9 Å². The average molecular weight is 552 g/mol. The number of hydrogen-bond acceptors (Lipinski definition) is 4. The van der Waals surface area contributed by atoms with Gasteiger partial charge < -0.3 is 5.32 Å². The summed E-state index contributed by atoms with van der Waals surface area (Å²) in [6.45, 7) is 7.12. The fraction of sp³-hybridized carbons (Fsp3) is 0.486. The fourth-order valence-corrected chi connectivity index (χ4v) is 6.02. The first-order valence-corrected chi connectivity index (χ1v) is 16.0. The number of benzene rings is 1. The molecule has 2 atom stereocenters. The maximum Gasteiger partial charge on any atom is 0.151 e. The molecule has 4 rings (SSSR count). The van der Waals surface area contributed by atoms with Crippen LogP contribution < -0.4 is 5.32 Å². The number of carbonyl (C=O) groups excluding carboxylic acids is 1. The minimum absolute atomic E-state index is 0.285. The molecule has 2 heterocycles. The van der Waals surface area contributed by atoms with Gasteiger partial charge in [0.25, 0.3) is 0 Å². The molecule has 1 aromatic carbocycles. The topological polar surface area (TPSA) is 53.8 Å². The molecule has 0 fully saturated rings. The van der Waals surface area contributed by atoms with Crippen LogP contribution in [-0.4, -0.2) is 30.3 Å². The first-order valence-electron chi connectivity index (χ1n) is 16.0. The van der Waals surface area contributed by atoms with Gasteiger partial charge >= 0.3 is 0 Å². The van der Waals surface area contributed by atoms with E-state index in [4.69, 9.17) is 9.98 Å². The summed E-state index contributed by atoms with van der Waals surface area (Å²) in [7, 11) is 0. The van der Waals surface area contributed by atoms with Crippen LogP contribution in [0.1, 0.15) is 103 Å². The SMILES string of the molecule is CCC(CCCC(=O)CNc1cccc(C2=NC(CC)CC=C2)c1)CCC/C(C)=C1/N=C\C=C\CC2=C1C=CCC2. The number of nitrogens with one attached hydrogen (secondary N) is 1. The molecule has 2 unspecified atom stereocenters. The molecule has 1 aromatic rings. The van der Waals surface area contributed by atoms with Gasteiger partial charge in [-0.3, -0.25) is 14.8 Å². The highest BCUT2D eigenvalue weighted by atomic mass is 16.1. The van der Waals surface area contributed by atoms with Crippen molar-refractivity contribution < 1.29 is 4.79 Å². The van der Waals surface area contributed by atoms with E-state index in [0.717, 1.165) is 68.3 Å². The highest BCUT2D eigenvalue weighted by Crippen LogP contribution is 2.32. The van der Waals surface area contributed by atoms with Crippen LogP contribution in [0.25, 0.3) is 0 Å². The van der Waals surface area contributed by atoms with Crippen molar-refractivity contribution in [3.05, 3.63) is 88.7 Å². The third kappa shape index (κ3) is 9.38. The van der Waals surface area contributed by atoms with Crippen molar-refractivity contribution >= 4 is 23.4 Å². The van der Waals surface area contributed by atoms with Crippen LogP contribution in [0.2, 0.25) is 0 Å². The quantitative estimate of drug-likeness (QED) is 0.250. The zero-order chi connectivity index (χ0) is 28.9. The Morgan fingerprint density at radius 3 is 2.76 bits per heavy atom. The molecular formula is C37H49N3O. The van der Waals surface area contributed by atoms with Crippen LogP contribution in [0.4, 0.5) is 5.69 Å². The fourth-order valence-electron chi connectivity index (χ4n) is 6.02. The van der Waals surface area contributed by atoms with Crippen molar-refractivity contribution in [2.24, 2.45) is 15.9 Å². The van der Waals surface area contributed by atoms with E-state index in [1.807, 2.05) is 18.3 Å². The van der Waals surface area contributed by atoms with E-state index in [9.17, 15) is 4.79 Å². The number of allylic oxidation sites excluding steroid dienone is 7. The van der Waals surface area contributed by atoms with Crippen LogP contribution in [0.5, 0.6) is 0 Å². The van der Waals surface area contributed by atoms with E-state index in [-0.39, 0.29) is 5.78 Å². The van der Waals surface area contributed by atoms with E-state index < -0.39 is 0 Å². The Morgan fingerprint density at radius 2 is 1.93 bits per heavy atom. The third-order valence-corrected chi connectivity index (χ3v) is 8.66. The van der Waals surface area contributed by atoms with Gasteiger partial charge in [0.2, 0.25) is 0 Å². The summed E-state index contributed by atoms with van der Waals surface area (Å²) in [4.78, 5) is 22.4. The van der Waals surface area contributed by atoms with Gasteiger partial charge in [-0.25, -0.2) is 0 Å². The van der Waals surface area contributed by atoms with Gasteiger partial charge in [0.05, 0.1) is 24.0 Å². The molecule has 2 aliphatic heterocycles. The van der Waals surface area contributed by atoms with Gasteiger partial charge in [-0.2, -0.15) is 0 Å². The van der Waals surface area contributed by atoms with Gasteiger partial charge in [0.15, 0.2) is 5.78 Å². The second kappa shape index (κ2) is 16.2. The standard InChI is InChI=1S/C37H49N3O/c1-4-29(15-10-14-28(3)37-35-23-7-6-17-30(35)18-8-9-25-38-37)16-11-22-34(41)27-39-33-21-12-19-31(26-33)36-24-13-20-32(5-2)40-36/h7-9,12-13,19,21,23-26,29,32,39H,4-6,10-11,14-18,20,22,27H2,1-3H3/b9-8+,37-28+,38-25-. The molecule has 4 nitrogen and oxygen atoms in total. The molecule has 1 N–H and O–H groups in total. The Hall–Kier alpha value is -3.27. The highest BCUT2D eigenvalue weighted by molar-refractivity contribution is 6.09. The van der Waals surface area contributed by atoms with E-state index in [1.54, 1.807) is 0 Å². The predicted octanol–water partition coefficient (Wildman–Crippen LogP) is 9.51. The first-order chi connectivity index (χ1) is 20.1. The number of nitrogens with zero attached hydrogens (tertiary/aromatic N) is 2. The molecule has 0 aromatic heterocycles. The number of hydrogen-bond donors (Lipinski definition) is 1. The lowest BCUT2D eigenvalue weighted by Crippen LogP contribution is -2.15. The highest BCUT2D eigenvalue weighted by Gasteiger charge is 2.16. The largest absolute Gasteiger partial charge is 0.378 e. The third-order valence-electron chi connectivity index (χ3n) is 8.66. The van der Waals surface area contributed by atoms with E-state index in [0.29, 0.717) is 24.9 Å². The minimum atomic E-state index is 0.285. The molecule has 0 radical (unpaired) electrons. The number of ketones is 1. The zero-order valence-corrected chi connectivity index (χ0v) is 25.5. The maximum absolute atomic E-state index is 12.7. The summed E-state index contributed by atoms with van der Waals surface area (Å²) in [5, 5.41) is 3.35. The lowest BCUT2D eigenvalue weighted by molar-refractivity contribution is -0.117. The zero-order valence-electron chi connectivity index (χ0n) is 25.5. The minimum Gasteiger partial charge on any atom is -0.378 e. The van der Waals surface area contributed by atoms with Crippen LogP contribution in [-0.2, 0) is 4.79 Å². The molecule has 4 heteroatoms. The van der Waals surface area contributed by atoms with E-state index in [2.05, 4.69) is 74.7 Å². The van der Waals surface area contributed by atoms with Crippen molar-refractivity contribution in [2.45, 2.75) is 104 Å².